The Hall–Kier alpha value is -0.650. The summed E-state index contributed by atoms with van der Waals surface area (Å²) in [5.41, 5.74) is 0. The normalized spacial score (nSPS) is 26.3. The van der Waals surface area contributed by atoms with Crippen LogP contribution in [0.4, 0.5) is 0 Å². The fourth-order valence-electron chi connectivity index (χ4n) is 2.93. The van der Waals surface area contributed by atoms with Crippen LogP contribution in [0.5, 0.6) is 0 Å². The molecule has 0 radical (unpaired) electrons. The zero-order valence-corrected chi connectivity index (χ0v) is 12.2. The molecule has 2 fully saturated rings. The fourth-order valence-corrected chi connectivity index (χ4v) is 2.93. The lowest BCUT2D eigenvalue weighted by molar-refractivity contribution is -0.134. The van der Waals surface area contributed by atoms with Gasteiger partial charge in [0.05, 0.1) is 13.2 Å². The van der Waals surface area contributed by atoms with Gasteiger partial charge in [-0.3, -0.25) is 4.79 Å². The molecule has 0 bridgehead atoms. The zero-order valence-electron chi connectivity index (χ0n) is 12.2. The molecule has 1 N–H and O–H groups in total. The summed E-state index contributed by atoms with van der Waals surface area (Å²) < 4.78 is 5.40. The lowest BCUT2D eigenvalue weighted by Gasteiger charge is -2.37. The first-order valence-electron chi connectivity index (χ1n) is 7.50. The fraction of sp³-hybridized carbons (Fsp3) is 0.929. The molecule has 2 rings (SSSR count). The van der Waals surface area contributed by atoms with Crippen molar-refractivity contribution in [3.8, 4) is 0 Å². The molecule has 2 aliphatic heterocycles. The van der Waals surface area contributed by atoms with Gasteiger partial charge in [-0.25, -0.2) is 0 Å². The molecular weight excluding hydrogens is 242 g/mol. The lowest BCUT2D eigenvalue weighted by atomic mass is 10.0. The van der Waals surface area contributed by atoms with Crippen LogP contribution in [-0.2, 0) is 9.53 Å². The van der Waals surface area contributed by atoms with Gasteiger partial charge in [0, 0.05) is 45.2 Å². The number of morpholine rings is 1. The Morgan fingerprint density at radius 1 is 1.42 bits per heavy atom. The van der Waals surface area contributed by atoms with Gasteiger partial charge in [0.1, 0.15) is 0 Å². The van der Waals surface area contributed by atoms with E-state index >= 15 is 0 Å². The van der Waals surface area contributed by atoms with Crippen molar-refractivity contribution in [2.75, 3.05) is 46.4 Å². The molecular formula is C14H27N3O2. The van der Waals surface area contributed by atoms with Crippen LogP contribution in [0.15, 0.2) is 0 Å². The molecule has 0 aliphatic carbocycles. The van der Waals surface area contributed by atoms with Crippen LogP contribution in [0.3, 0.4) is 0 Å². The molecule has 2 heterocycles. The molecule has 1 atom stereocenters. The van der Waals surface area contributed by atoms with Gasteiger partial charge >= 0.3 is 0 Å². The highest BCUT2D eigenvalue weighted by Gasteiger charge is 2.26. The minimum absolute atomic E-state index is 0.194. The van der Waals surface area contributed by atoms with Gasteiger partial charge in [-0.2, -0.15) is 0 Å². The third-order valence-electron chi connectivity index (χ3n) is 4.36. The second kappa shape index (κ2) is 7.22. The first-order valence-corrected chi connectivity index (χ1v) is 7.50. The van der Waals surface area contributed by atoms with E-state index in [4.69, 9.17) is 4.74 Å². The van der Waals surface area contributed by atoms with Crippen molar-refractivity contribution in [3.63, 3.8) is 0 Å². The van der Waals surface area contributed by atoms with Crippen LogP contribution in [0.1, 0.15) is 26.2 Å². The van der Waals surface area contributed by atoms with Crippen molar-refractivity contribution < 1.29 is 9.53 Å². The largest absolute Gasteiger partial charge is 0.378 e. The van der Waals surface area contributed by atoms with Crippen LogP contribution in [0.2, 0.25) is 0 Å². The van der Waals surface area contributed by atoms with E-state index in [2.05, 4.69) is 17.1 Å². The minimum Gasteiger partial charge on any atom is -0.378 e. The second-order valence-corrected chi connectivity index (χ2v) is 5.60. The summed E-state index contributed by atoms with van der Waals surface area (Å²) >= 11 is 0. The molecule has 0 spiro atoms. The zero-order chi connectivity index (χ0) is 13.7. The number of hydrogen-bond acceptors (Lipinski definition) is 4. The molecule has 1 amide bonds. The molecule has 5 nitrogen and oxygen atoms in total. The van der Waals surface area contributed by atoms with Crippen molar-refractivity contribution in [2.24, 2.45) is 0 Å². The minimum atomic E-state index is 0.194. The van der Waals surface area contributed by atoms with Crippen LogP contribution in [0, 0.1) is 0 Å². The Bertz CT molecular complexity index is 284. The van der Waals surface area contributed by atoms with E-state index in [-0.39, 0.29) is 11.9 Å². The molecule has 110 valence electrons. The number of ether oxygens (including phenoxy) is 1. The van der Waals surface area contributed by atoms with Gasteiger partial charge in [-0.05, 0) is 19.4 Å². The van der Waals surface area contributed by atoms with E-state index in [0.717, 1.165) is 45.6 Å². The van der Waals surface area contributed by atoms with E-state index in [9.17, 15) is 4.79 Å². The van der Waals surface area contributed by atoms with Crippen molar-refractivity contribution >= 4 is 5.91 Å². The highest BCUT2D eigenvalue weighted by Crippen LogP contribution is 2.16. The van der Waals surface area contributed by atoms with Crippen molar-refractivity contribution in [3.05, 3.63) is 0 Å². The molecule has 5 heteroatoms. The topological polar surface area (TPSA) is 44.8 Å². The van der Waals surface area contributed by atoms with Gasteiger partial charge in [-0.1, -0.05) is 6.92 Å². The third kappa shape index (κ3) is 4.16. The van der Waals surface area contributed by atoms with Gasteiger partial charge in [0.15, 0.2) is 0 Å². The number of rotatable bonds is 4. The molecule has 2 saturated heterocycles. The van der Waals surface area contributed by atoms with E-state index in [1.807, 2.05) is 11.9 Å². The summed E-state index contributed by atoms with van der Waals surface area (Å²) in [5.74, 6) is 0.248. The van der Waals surface area contributed by atoms with Crippen LogP contribution >= 0.6 is 0 Å². The average Bonchev–Trinajstić information content (AvgIpc) is 2.47. The quantitative estimate of drug-likeness (QED) is 0.798. The number of piperidine rings is 1. The van der Waals surface area contributed by atoms with Gasteiger partial charge < -0.3 is 19.9 Å². The third-order valence-corrected chi connectivity index (χ3v) is 4.36. The molecule has 0 aromatic heterocycles. The van der Waals surface area contributed by atoms with Gasteiger partial charge in [0.2, 0.25) is 5.91 Å². The maximum atomic E-state index is 12.3. The number of nitrogens with zero attached hydrogens (tertiary/aromatic N) is 2. The SMILES string of the molecule is CCN1CCC(N(C)C(=O)CC2COCCN2)CC1. The van der Waals surface area contributed by atoms with Crippen molar-refractivity contribution in [2.45, 2.75) is 38.3 Å². The molecule has 2 aliphatic rings. The van der Waals surface area contributed by atoms with E-state index in [0.29, 0.717) is 19.1 Å². The Morgan fingerprint density at radius 3 is 2.74 bits per heavy atom. The number of nitrogens with one attached hydrogen (secondary N) is 1. The van der Waals surface area contributed by atoms with Crippen LogP contribution in [-0.4, -0.2) is 74.2 Å². The number of carbonyl (C=O) groups is 1. The van der Waals surface area contributed by atoms with Gasteiger partial charge in [0.25, 0.3) is 0 Å². The molecule has 0 aromatic carbocycles. The lowest BCUT2D eigenvalue weighted by Crippen LogP contribution is -2.49. The summed E-state index contributed by atoms with van der Waals surface area (Å²) in [4.78, 5) is 16.7. The van der Waals surface area contributed by atoms with Gasteiger partial charge in [-0.15, -0.1) is 0 Å². The summed E-state index contributed by atoms with van der Waals surface area (Å²) in [6, 6.07) is 0.610. The van der Waals surface area contributed by atoms with Crippen molar-refractivity contribution in [1.82, 2.24) is 15.1 Å². The van der Waals surface area contributed by atoms with E-state index < -0.39 is 0 Å². The first kappa shape index (κ1) is 14.8. The Labute approximate surface area is 116 Å². The molecule has 19 heavy (non-hydrogen) atoms. The Morgan fingerprint density at radius 2 is 2.16 bits per heavy atom. The number of carbonyl (C=O) groups excluding carboxylic acids is 1. The molecule has 1 unspecified atom stereocenters. The maximum Gasteiger partial charge on any atom is 0.224 e. The standard InChI is InChI=1S/C14H27N3O2/c1-3-17-7-4-13(5-8-17)16(2)14(18)10-12-11-19-9-6-15-12/h12-13,15H,3-11H2,1-2H3. The Kier molecular flexibility index (Phi) is 5.60. The maximum absolute atomic E-state index is 12.3. The van der Waals surface area contributed by atoms with Crippen LogP contribution in [0.25, 0.3) is 0 Å². The van der Waals surface area contributed by atoms with Crippen LogP contribution < -0.4 is 5.32 Å². The first-order chi connectivity index (χ1) is 9.20. The number of likely N-dealkylation sites (tertiary alicyclic amines) is 1. The average molecular weight is 269 g/mol. The number of hydrogen-bond donors (Lipinski definition) is 1. The summed E-state index contributed by atoms with van der Waals surface area (Å²) in [6.45, 7) is 7.82. The smallest absolute Gasteiger partial charge is 0.224 e. The summed E-state index contributed by atoms with van der Waals surface area (Å²) in [5, 5.41) is 3.34. The van der Waals surface area contributed by atoms with E-state index in [1.54, 1.807) is 0 Å². The summed E-state index contributed by atoms with van der Waals surface area (Å²) in [6.07, 6.45) is 2.76. The molecule has 0 aromatic rings. The Balaban J connectivity index is 1.75. The number of amides is 1. The predicted molar refractivity (Wildman–Crippen MR) is 75.1 cm³/mol. The predicted octanol–water partition coefficient (Wildman–Crippen LogP) is 0.308. The molecule has 0 saturated carbocycles. The summed E-state index contributed by atoms with van der Waals surface area (Å²) in [7, 11) is 1.96. The monoisotopic (exact) mass is 269 g/mol. The van der Waals surface area contributed by atoms with E-state index in [1.165, 1.54) is 0 Å². The van der Waals surface area contributed by atoms with Crippen molar-refractivity contribution in [1.29, 1.82) is 0 Å². The second-order valence-electron chi connectivity index (χ2n) is 5.60. The highest BCUT2D eigenvalue weighted by atomic mass is 16.5. The highest BCUT2D eigenvalue weighted by molar-refractivity contribution is 5.77.